The van der Waals surface area contributed by atoms with Crippen LogP contribution in [-0.2, 0) is 5.72 Å². The van der Waals surface area contributed by atoms with E-state index in [0.717, 1.165) is 0 Å². The number of pyridine rings is 1. The molecule has 4 heteroatoms. The van der Waals surface area contributed by atoms with Crippen LogP contribution in [0.2, 0.25) is 0 Å². The molecule has 0 spiro atoms. The number of amides is 1. The highest BCUT2D eigenvalue weighted by Gasteiger charge is 2.50. The lowest BCUT2D eigenvalue weighted by molar-refractivity contribution is 0.0703. The zero-order valence-electron chi connectivity index (χ0n) is 12.3. The molecule has 4 nitrogen and oxygen atoms in total. The Labute approximate surface area is 133 Å². The summed E-state index contributed by atoms with van der Waals surface area (Å²) in [6.45, 7) is 0. The standard InChI is InChI=1S/C19H14N2O2/c22-18-16-8-4-5-9-17(16)19(23,14-6-2-1-3-7-14)21(18)15-10-12-20-13-11-15/h1-13,23H/t19-/m0/s1. The van der Waals surface area contributed by atoms with E-state index in [0.29, 0.717) is 22.4 Å². The van der Waals surface area contributed by atoms with Crippen molar-refractivity contribution >= 4 is 11.6 Å². The second-order valence-corrected chi connectivity index (χ2v) is 5.43. The van der Waals surface area contributed by atoms with Crippen molar-refractivity contribution in [3.8, 4) is 0 Å². The molecule has 1 N–H and O–H groups in total. The summed E-state index contributed by atoms with van der Waals surface area (Å²) >= 11 is 0. The maximum Gasteiger partial charge on any atom is 0.261 e. The van der Waals surface area contributed by atoms with Gasteiger partial charge in [0.1, 0.15) is 0 Å². The topological polar surface area (TPSA) is 53.4 Å². The minimum absolute atomic E-state index is 0.224. The summed E-state index contributed by atoms with van der Waals surface area (Å²) in [7, 11) is 0. The van der Waals surface area contributed by atoms with Crippen LogP contribution in [0.25, 0.3) is 0 Å². The van der Waals surface area contributed by atoms with Gasteiger partial charge in [0.05, 0.1) is 5.69 Å². The van der Waals surface area contributed by atoms with Crippen LogP contribution in [0.15, 0.2) is 79.1 Å². The summed E-state index contributed by atoms with van der Waals surface area (Å²) in [5, 5.41) is 11.6. The van der Waals surface area contributed by atoms with E-state index in [1.54, 1.807) is 42.7 Å². The number of carbonyl (C=O) groups is 1. The number of nitrogens with zero attached hydrogens (tertiary/aromatic N) is 2. The average molecular weight is 302 g/mol. The van der Waals surface area contributed by atoms with Crippen LogP contribution >= 0.6 is 0 Å². The molecule has 1 aromatic heterocycles. The lowest BCUT2D eigenvalue weighted by atomic mass is 9.93. The van der Waals surface area contributed by atoms with E-state index < -0.39 is 5.72 Å². The quantitative estimate of drug-likeness (QED) is 0.792. The molecular weight excluding hydrogens is 288 g/mol. The second-order valence-electron chi connectivity index (χ2n) is 5.43. The monoisotopic (exact) mass is 302 g/mol. The number of fused-ring (bicyclic) bond motifs is 1. The van der Waals surface area contributed by atoms with Crippen molar-refractivity contribution in [3.63, 3.8) is 0 Å². The molecule has 0 saturated heterocycles. The maximum absolute atomic E-state index is 12.9. The molecule has 0 bridgehead atoms. The smallest absolute Gasteiger partial charge is 0.261 e. The van der Waals surface area contributed by atoms with Crippen LogP contribution in [0, 0.1) is 0 Å². The number of aromatic nitrogens is 1. The number of hydrogen-bond acceptors (Lipinski definition) is 3. The predicted molar refractivity (Wildman–Crippen MR) is 86.9 cm³/mol. The Morgan fingerprint density at radius 2 is 1.52 bits per heavy atom. The molecule has 1 aliphatic heterocycles. The third kappa shape index (κ3) is 1.89. The maximum atomic E-state index is 12.9. The van der Waals surface area contributed by atoms with Gasteiger partial charge in [0.15, 0.2) is 5.72 Å². The summed E-state index contributed by atoms with van der Waals surface area (Å²) in [6.07, 6.45) is 3.22. The molecule has 4 rings (SSSR count). The van der Waals surface area contributed by atoms with Gasteiger partial charge in [-0.1, -0.05) is 48.5 Å². The largest absolute Gasteiger partial charge is 0.363 e. The van der Waals surface area contributed by atoms with Gasteiger partial charge in [-0.15, -0.1) is 0 Å². The van der Waals surface area contributed by atoms with E-state index in [4.69, 9.17) is 0 Å². The number of benzene rings is 2. The average Bonchev–Trinajstić information content (AvgIpc) is 2.86. The van der Waals surface area contributed by atoms with Gasteiger partial charge in [-0.2, -0.15) is 0 Å². The third-order valence-corrected chi connectivity index (χ3v) is 4.16. The van der Waals surface area contributed by atoms with Gasteiger partial charge in [-0.25, -0.2) is 0 Å². The highest BCUT2D eigenvalue weighted by atomic mass is 16.3. The first kappa shape index (κ1) is 13.7. The molecule has 23 heavy (non-hydrogen) atoms. The fraction of sp³-hybridized carbons (Fsp3) is 0.0526. The van der Waals surface area contributed by atoms with E-state index in [-0.39, 0.29) is 5.91 Å². The Bertz CT molecular complexity index is 865. The van der Waals surface area contributed by atoms with Gasteiger partial charge >= 0.3 is 0 Å². The number of aliphatic hydroxyl groups is 1. The molecule has 1 amide bonds. The van der Waals surface area contributed by atoms with Crippen LogP contribution in [-0.4, -0.2) is 16.0 Å². The Hall–Kier alpha value is -2.98. The van der Waals surface area contributed by atoms with E-state index >= 15 is 0 Å². The molecule has 2 aromatic carbocycles. The number of anilines is 1. The van der Waals surface area contributed by atoms with Crippen molar-refractivity contribution in [3.05, 3.63) is 95.8 Å². The van der Waals surface area contributed by atoms with Crippen molar-refractivity contribution < 1.29 is 9.90 Å². The van der Waals surface area contributed by atoms with Crippen LogP contribution in [0.4, 0.5) is 5.69 Å². The predicted octanol–water partition coefficient (Wildman–Crippen LogP) is 2.94. The minimum atomic E-state index is -1.53. The highest BCUT2D eigenvalue weighted by Crippen LogP contribution is 2.44. The third-order valence-electron chi connectivity index (χ3n) is 4.16. The van der Waals surface area contributed by atoms with Crippen molar-refractivity contribution in [2.24, 2.45) is 0 Å². The summed E-state index contributed by atoms with van der Waals surface area (Å²) < 4.78 is 0. The van der Waals surface area contributed by atoms with Gasteiger partial charge in [-0.05, 0) is 18.2 Å². The lowest BCUT2D eigenvalue weighted by Crippen LogP contribution is -2.45. The second kappa shape index (κ2) is 5.04. The van der Waals surface area contributed by atoms with E-state index in [1.807, 2.05) is 36.4 Å². The first-order valence-electron chi connectivity index (χ1n) is 7.35. The minimum Gasteiger partial charge on any atom is -0.363 e. The number of carbonyl (C=O) groups excluding carboxylic acids is 1. The highest BCUT2D eigenvalue weighted by molar-refractivity contribution is 6.12. The van der Waals surface area contributed by atoms with Crippen molar-refractivity contribution in [1.29, 1.82) is 0 Å². The molecule has 0 saturated carbocycles. The lowest BCUT2D eigenvalue weighted by Gasteiger charge is -2.34. The zero-order valence-corrected chi connectivity index (χ0v) is 12.3. The SMILES string of the molecule is O=C1c2ccccc2[C@@](O)(c2ccccc2)N1c1ccncc1. The first-order valence-corrected chi connectivity index (χ1v) is 7.35. The van der Waals surface area contributed by atoms with Crippen LogP contribution < -0.4 is 4.90 Å². The first-order chi connectivity index (χ1) is 11.2. The zero-order chi connectivity index (χ0) is 15.9. The number of rotatable bonds is 2. The Kier molecular flexibility index (Phi) is 2.99. The molecule has 2 heterocycles. The summed E-state index contributed by atoms with van der Waals surface area (Å²) in [4.78, 5) is 18.3. The van der Waals surface area contributed by atoms with Gasteiger partial charge in [0.2, 0.25) is 0 Å². The summed E-state index contributed by atoms with van der Waals surface area (Å²) in [5.41, 5.74) is 0.822. The Morgan fingerprint density at radius 1 is 0.870 bits per heavy atom. The Morgan fingerprint density at radius 3 is 2.26 bits per heavy atom. The van der Waals surface area contributed by atoms with Gasteiger partial charge < -0.3 is 5.11 Å². The van der Waals surface area contributed by atoms with Crippen molar-refractivity contribution in [1.82, 2.24) is 4.98 Å². The molecule has 0 unspecified atom stereocenters. The van der Waals surface area contributed by atoms with Crippen molar-refractivity contribution in [2.75, 3.05) is 4.90 Å². The fourth-order valence-electron chi connectivity index (χ4n) is 3.11. The molecule has 1 aliphatic rings. The van der Waals surface area contributed by atoms with E-state index in [2.05, 4.69) is 4.98 Å². The van der Waals surface area contributed by atoms with E-state index in [1.165, 1.54) is 4.90 Å². The fourth-order valence-corrected chi connectivity index (χ4v) is 3.11. The normalized spacial score (nSPS) is 19.7. The van der Waals surface area contributed by atoms with E-state index in [9.17, 15) is 9.90 Å². The molecule has 3 aromatic rings. The van der Waals surface area contributed by atoms with Crippen LogP contribution in [0.1, 0.15) is 21.5 Å². The molecule has 0 radical (unpaired) electrons. The molecular formula is C19H14N2O2. The van der Waals surface area contributed by atoms with Gasteiger partial charge in [-0.3, -0.25) is 14.7 Å². The molecule has 1 atom stereocenters. The number of hydrogen-bond donors (Lipinski definition) is 1. The molecule has 112 valence electrons. The molecule has 0 fully saturated rings. The molecule has 0 aliphatic carbocycles. The van der Waals surface area contributed by atoms with Crippen LogP contribution in [0.3, 0.4) is 0 Å². The van der Waals surface area contributed by atoms with Crippen LogP contribution in [0.5, 0.6) is 0 Å². The summed E-state index contributed by atoms with van der Waals surface area (Å²) in [6, 6.07) is 19.8. The Balaban J connectivity index is 2.01. The van der Waals surface area contributed by atoms with Gasteiger partial charge in [0.25, 0.3) is 5.91 Å². The van der Waals surface area contributed by atoms with Crippen molar-refractivity contribution in [2.45, 2.75) is 5.72 Å². The summed E-state index contributed by atoms with van der Waals surface area (Å²) in [5.74, 6) is -0.224. The van der Waals surface area contributed by atoms with Gasteiger partial charge in [0, 0.05) is 29.1 Å².